The second-order valence-electron chi connectivity index (χ2n) is 4.25. The van der Waals surface area contributed by atoms with E-state index in [1.54, 1.807) is 6.20 Å². The third-order valence-corrected chi connectivity index (χ3v) is 2.76. The summed E-state index contributed by atoms with van der Waals surface area (Å²) in [5.41, 5.74) is 1.60. The van der Waals surface area contributed by atoms with Crippen molar-refractivity contribution in [3.63, 3.8) is 0 Å². The van der Waals surface area contributed by atoms with Gasteiger partial charge in [0.1, 0.15) is 0 Å². The molecule has 0 aliphatic rings. The van der Waals surface area contributed by atoms with Gasteiger partial charge >= 0.3 is 0 Å². The second-order valence-corrected chi connectivity index (χ2v) is 4.25. The van der Waals surface area contributed by atoms with E-state index in [9.17, 15) is 4.79 Å². The summed E-state index contributed by atoms with van der Waals surface area (Å²) < 4.78 is 0. The van der Waals surface area contributed by atoms with Gasteiger partial charge < -0.3 is 15.4 Å². The zero-order chi connectivity index (χ0) is 12.3. The van der Waals surface area contributed by atoms with Crippen molar-refractivity contribution in [1.29, 1.82) is 0 Å². The normalized spacial score (nSPS) is 12.6. The van der Waals surface area contributed by atoms with Crippen LogP contribution in [0, 0.1) is 5.92 Å². The van der Waals surface area contributed by atoms with Gasteiger partial charge in [-0.1, -0.05) is 25.1 Å². The van der Waals surface area contributed by atoms with Gasteiger partial charge in [-0.05, 0) is 12.0 Å². The van der Waals surface area contributed by atoms with E-state index in [1.165, 1.54) is 0 Å². The maximum absolute atomic E-state index is 11.9. The number of carbonyl (C=O) groups excluding carboxylic acids is 1. The summed E-state index contributed by atoms with van der Waals surface area (Å²) in [5.74, 6) is -0.0353. The van der Waals surface area contributed by atoms with Crippen LogP contribution >= 0.6 is 0 Å². The standard InChI is InChI=1S/C13H16N2O2/c1-9(8-16)6-15-13(17)11-7-14-12-5-3-2-4-10(11)12/h2-5,7,9,14,16H,6,8H2,1H3,(H,15,17). The highest BCUT2D eigenvalue weighted by Gasteiger charge is 2.11. The second kappa shape index (κ2) is 5.01. The number of amides is 1. The Kier molecular flexibility index (Phi) is 3.44. The predicted molar refractivity (Wildman–Crippen MR) is 66.9 cm³/mol. The molecule has 3 N–H and O–H groups in total. The van der Waals surface area contributed by atoms with Gasteiger partial charge in [0.15, 0.2) is 0 Å². The van der Waals surface area contributed by atoms with Crippen LogP contribution in [0.4, 0.5) is 0 Å². The van der Waals surface area contributed by atoms with Gasteiger partial charge in [0.25, 0.3) is 5.91 Å². The van der Waals surface area contributed by atoms with Crippen molar-refractivity contribution in [2.75, 3.05) is 13.2 Å². The molecule has 2 rings (SSSR count). The Morgan fingerprint density at radius 3 is 3.00 bits per heavy atom. The molecule has 0 spiro atoms. The quantitative estimate of drug-likeness (QED) is 0.748. The van der Waals surface area contributed by atoms with E-state index in [0.29, 0.717) is 12.1 Å². The molecule has 0 aliphatic heterocycles. The number of aliphatic hydroxyl groups is 1. The number of carbonyl (C=O) groups is 1. The van der Waals surface area contributed by atoms with E-state index in [-0.39, 0.29) is 18.4 Å². The van der Waals surface area contributed by atoms with E-state index < -0.39 is 0 Å². The third kappa shape index (κ3) is 2.47. The Hall–Kier alpha value is -1.81. The molecule has 90 valence electrons. The van der Waals surface area contributed by atoms with E-state index in [2.05, 4.69) is 10.3 Å². The lowest BCUT2D eigenvalue weighted by atomic mass is 10.1. The summed E-state index contributed by atoms with van der Waals surface area (Å²) in [6.45, 7) is 2.44. The van der Waals surface area contributed by atoms with Crippen molar-refractivity contribution in [3.05, 3.63) is 36.0 Å². The van der Waals surface area contributed by atoms with E-state index in [4.69, 9.17) is 5.11 Å². The zero-order valence-corrected chi connectivity index (χ0v) is 9.73. The molecule has 1 aromatic carbocycles. The largest absolute Gasteiger partial charge is 0.396 e. The number of nitrogens with one attached hydrogen (secondary N) is 2. The van der Waals surface area contributed by atoms with Crippen LogP contribution in [0.15, 0.2) is 30.5 Å². The monoisotopic (exact) mass is 232 g/mol. The summed E-state index contributed by atoms with van der Waals surface area (Å²) in [6, 6.07) is 7.68. The number of aliphatic hydroxyl groups excluding tert-OH is 1. The smallest absolute Gasteiger partial charge is 0.253 e. The Bertz CT molecular complexity index is 519. The SMILES string of the molecule is CC(CO)CNC(=O)c1c[nH]c2ccccc12. The van der Waals surface area contributed by atoms with Crippen molar-refractivity contribution >= 4 is 16.8 Å². The summed E-state index contributed by atoms with van der Waals surface area (Å²) in [6.07, 6.45) is 1.71. The average Bonchev–Trinajstić information content (AvgIpc) is 2.79. The summed E-state index contributed by atoms with van der Waals surface area (Å²) in [5, 5.41) is 12.6. The molecule has 0 fully saturated rings. The van der Waals surface area contributed by atoms with Crippen molar-refractivity contribution in [1.82, 2.24) is 10.3 Å². The van der Waals surface area contributed by atoms with Gasteiger partial charge in [0.05, 0.1) is 5.56 Å². The fourth-order valence-corrected chi connectivity index (χ4v) is 1.69. The van der Waals surface area contributed by atoms with Gasteiger partial charge in [-0.2, -0.15) is 0 Å². The molecule has 1 amide bonds. The first-order valence-corrected chi connectivity index (χ1v) is 5.67. The molecule has 0 bridgehead atoms. The molecule has 4 nitrogen and oxygen atoms in total. The van der Waals surface area contributed by atoms with Gasteiger partial charge in [-0.3, -0.25) is 4.79 Å². The molecule has 1 unspecified atom stereocenters. The molecule has 0 radical (unpaired) electrons. The fraction of sp³-hybridized carbons (Fsp3) is 0.308. The van der Waals surface area contributed by atoms with Gasteiger partial charge in [-0.15, -0.1) is 0 Å². The molecule has 0 saturated carbocycles. The number of para-hydroxylation sites is 1. The number of aromatic amines is 1. The highest BCUT2D eigenvalue weighted by Crippen LogP contribution is 2.17. The summed E-state index contributed by atoms with van der Waals surface area (Å²) in [4.78, 5) is 15.0. The Balaban J connectivity index is 2.14. The van der Waals surface area contributed by atoms with Crippen LogP contribution in [0.25, 0.3) is 10.9 Å². The maximum atomic E-state index is 11.9. The Labute approximate surface area is 99.7 Å². The Morgan fingerprint density at radius 1 is 1.47 bits per heavy atom. The van der Waals surface area contributed by atoms with Crippen LogP contribution < -0.4 is 5.32 Å². The van der Waals surface area contributed by atoms with Gasteiger partial charge in [0.2, 0.25) is 0 Å². The van der Waals surface area contributed by atoms with Crippen molar-refractivity contribution in [3.8, 4) is 0 Å². The number of aromatic nitrogens is 1. The zero-order valence-electron chi connectivity index (χ0n) is 9.73. The molecule has 0 saturated heterocycles. The number of benzene rings is 1. The Morgan fingerprint density at radius 2 is 2.24 bits per heavy atom. The van der Waals surface area contributed by atoms with Crippen molar-refractivity contribution in [2.24, 2.45) is 5.92 Å². The lowest BCUT2D eigenvalue weighted by Gasteiger charge is -2.08. The third-order valence-electron chi connectivity index (χ3n) is 2.76. The molecule has 0 aliphatic carbocycles. The van der Waals surface area contributed by atoms with Crippen LogP contribution in [-0.2, 0) is 0 Å². The minimum absolute atomic E-state index is 0.0733. The molecule has 1 heterocycles. The summed E-state index contributed by atoms with van der Waals surface area (Å²) in [7, 11) is 0. The number of H-pyrrole nitrogens is 1. The van der Waals surface area contributed by atoms with Crippen LogP contribution in [0.2, 0.25) is 0 Å². The first-order chi connectivity index (χ1) is 8.22. The van der Waals surface area contributed by atoms with Crippen LogP contribution in [0.1, 0.15) is 17.3 Å². The molecular weight excluding hydrogens is 216 g/mol. The first kappa shape index (κ1) is 11.7. The molecule has 2 aromatic rings. The van der Waals surface area contributed by atoms with Crippen LogP contribution in [-0.4, -0.2) is 29.1 Å². The lowest BCUT2D eigenvalue weighted by Crippen LogP contribution is -2.29. The number of hydrogen-bond acceptors (Lipinski definition) is 2. The molecule has 4 heteroatoms. The highest BCUT2D eigenvalue weighted by atomic mass is 16.3. The maximum Gasteiger partial charge on any atom is 0.253 e. The molecule has 1 atom stereocenters. The van der Waals surface area contributed by atoms with E-state index in [1.807, 2.05) is 31.2 Å². The van der Waals surface area contributed by atoms with Crippen molar-refractivity contribution < 1.29 is 9.90 Å². The van der Waals surface area contributed by atoms with E-state index >= 15 is 0 Å². The average molecular weight is 232 g/mol. The molecular formula is C13H16N2O2. The van der Waals surface area contributed by atoms with Crippen LogP contribution in [0.5, 0.6) is 0 Å². The fourth-order valence-electron chi connectivity index (χ4n) is 1.69. The first-order valence-electron chi connectivity index (χ1n) is 5.67. The molecule has 17 heavy (non-hydrogen) atoms. The predicted octanol–water partition coefficient (Wildman–Crippen LogP) is 1.53. The van der Waals surface area contributed by atoms with Crippen LogP contribution in [0.3, 0.4) is 0 Å². The van der Waals surface area contributed by atoms with Gasteiger partial charge in [0, 0.05) is 30.3 Å². The topological polar surface area (TPSA) is 65.1 Å². The highest BCUT2D eigenvalue weighted by molar-refractivity contribution is 6.06. The minimum atomic E-state index is -0.109. The summed E-state index contributed by atoms with van der Waals surface area (Å²) >= 11 is 0. The van der Waals surface area contributed by atoms with Gasteiger partial charge in [-0.25, -0.2) is 0 Å². The number of rotatable bonds is 4. The number of fused-ring (bicyclic) bond motifs is 1. The van der Waals surface area contributed by atoms with E-state index in [0.717, 1.165) is 10.9 Å². The number of hydrogen-bond donors (Lipinski definition) is 3. The van der Waals surface area contributed by atoms with Crippen molar-refractivity contribution in [2.45, 2.75) is 6.92 Å². The molecule has 1 aromatic heterocycles. The lowest BCUT2D eigenvalue weighted by molar-refractivity contribution is 0.0944. The minimum Gasteiger partial charge on any atom is -0.396 e.